The number of urea groups is 1. The number of nitrogens with zero attached hydrogens (tertiary/aromatic N) is 1. The number of aryl methyl sites for hydroxylation is 1. The van der Waals surface area contributed by atoms with Crippen LogP contribution in [0.4, 0.5) is 10.5 Å². The minimum Gasteiger partial charge on any atom is -0.395 e. The van der Waals surface area contributed by atoms with E-state index in [1.54, 1.807) is 11.9 Å². The Labute approximate surface area is 114 Å². The highest BCUT2D eigenvalue weighted by molar-refractivity contribution is 5.90. The Morgan fingerprint density at radius 2 is 2.21 bits per heavy atom. The summed E-state index contributed by atoms with van der Waals surface area (Å²) in [4.78, 5) is 13.4. The average Bonchev–Trinajstić information content (AvgIpc) is 2.41. The topological polar surface area (TPSA) is 52.6 Å². The summed E-state index contributed by atoms with van der Waals surface area (Å²) in [6.07, 6.45) is 0.453. The van der Waals surface area contributed by atoms with Gasteiger partial charge >= 0.3 is 6.03 Å². The number of hydrogen-bond donors (Lipinski definition) is 2. The van der Waals surface area contributed by atoms with Gasteiger partial charge in [0.15, 0.2) is 0 Å². The molecule has 0 spiro atoms. The molecule has 0 aliphatic carbocycles. The van der Waals surface area contributed by atoms with Crippen molar-refractivity contribution in [3.05, 3.63) is 29.3 Å². The fourth-order valence-electron chi connectivity index (χ4n) is 1.41. The number of aliphatic hydroxyl groups excluding tert-OH is 1. The number of amides is 2. The summed E-state index contributed by atoms with van der Waals surface area (Å²) in [6.45, 7) is 4.57. The van der Waals surface area contributed by atoms with Crippen molar-refractivity contribution in [3.8, 4) is 11.8 Å². The Balaban J connectivity index is 2.86. The molecule has 0 heterocycles. The standard InChI is InChI=1S/C15H20N2O2/c1-4-17(3)15(19)16-14-11-13(7-5-6-10-18)9-8-12(14)2/h8-9,11,18H,4,6,10H2,1-3H3,(H,16,19). The lowest BCUT2D eigenvalue weighted by Crippen LogP contribution is -2.31. The van der Waals surface area contributed by atoms with Crippen molar-refractivity contribution < 1.29 is 9.90 Å². The highest BCUT2D eigenvalue weighted by atomic mass is 16.2. The first-order chi connectivity index (χ1) is 9.08. The zero-order chi connectivity index (χ0) is 14.3. The molecule has 4 heteroatoms. The zero-order valence-corrected chi connectivity index (χ0v) is 11.7. The number of anilines is 1. The maximum Gasteiger partial charge on any atom is 0.321 e. The fraction of sp³-hybridized carbons (Fsp3) is 0.400. The van der Waals surface area contributed by atoms with Crippen LogP contribution in [0.15, 0.2) is 18.2 Å². The molecule has 1 aromatic rings. The Morgan fingerprint density at radius 3 is 2.84 bits per heavy atom. The normalized spacial score (nSPS) is 9.47. The van der Waals surface area contributed by atoms with Crippen LogP contribution in [-0.2, 0) is 0 Å². The molecule has 0 radical (unpaired) electrons. The van der Waals surface area contributed by atoms with E-state index in [-0.39, 0.29) is 12.6 Å². The van der Waals surface area contributed by atoms with Gasteiger partial charge in [-0.25, -0.2) is 4.79 Å². The van der Waals surface area contributed by atoms with E-state index in [1.807, 2.05) is 32.0 Å². The molecule has 102 valence electrons. The van der Waals surface area contributed by atoms with E-state index in [2.05, 4.69) is 17.2 Å². The van der Waals surface area contributed by atoms with Gasteiger partial charge in [0.2, 0.25) is 0 Å². The third kappa shape index (κ3) is 4.65. The van der Waals surface area contributed by atoms with Gasteiger partial charge in [0, 0.05) is 31.3 Å². The zero-order valence-electron chi connectivity index (χ0n) is 11.7. The van der Waals surface area contributed by atoms with Crippen molar-refractivity contribution in [3.63, 3.8) is 0 Å². The van der Waals surface area contributed by atoms with E-state index >= 15 is 0 Å². The molecular formula is C15H20N2O2. The van der Waals surface area contributed by atoms with Crippen LogP contribution < -0.4 is 5.32 Å². The van der Waals surface area contributed by atoms with Crippen LogP contribution in [0.1, 0.15) is 24.5 Å². The van der Waals surface area contributed by atoms with Crippen molar-refractivity contribution in [1.82, 2.24) is 4.90 Å². The molecule has 0 unspecified atom stereocenters. The van der Waals surface area contributed by atoms with Crippen molar-refractivity contribution in [1.29, 1.82) is 0 Å². The van der Waals surface area contributed by atoms with Gasteiger partial charge in [-0.2, -0.15) is 0 Å². The van der Waals surface area contributed by atoms with Gasteiger partial charge in [-0.05, 0) is 31.5 Å². The van der Waals surface area contributed by atoms with E-state index < -0.39 is 0 Å². The van der Waals surface area contributed by atoms with Gasteiger partial charge < -0.3 is 15.3 Å². The van der Waals surface area contributed by atoms with Crippen LogP contribution in [0.5, 0.6) is 0 Å². The second kappa shape index (κ2) is 7.45. The van der Waals surface area contributed by atoms with Crippen molar-refractivity contribution in [2.45, 2.75) is 20.3 Å². The highest BCUT2D eigenvalue weighted by Gasteiger charge is 2.08. The molecule has 0 atom stereocenters. The third-order valence-electron chi connectivity index (χ3n) is 2.77. The molecule has 0 aliphatic heterocycles. The number of rotatable bonds is 3. The quantitative estimate of drug-likeness (QED) is 0.819. The summed E-state index contributed by atoms with van der Waals surface area (Å²) in [6, 6.07) is 5.54. The molecule has 0 bridgehead atoms. The third-order valence-corrected chi connectivity index (χ3v) is 2.77. The van der Waals surface area contributed by atoms with E-state index in [1.165, 1.54) is 0 Å². The van der Waals surface area contributed by atoms with Crippen LogP contribution in [0.2, 0.25) is 0 Å². The van der Waals surface area contributed by atoms with Crippen LogP contribution in [-0.4, -0.2) is 36.2 Å². The van der Waals surface area contributed by atoms with Crippen molar-refractivity contribution >= 4 is 11.7 Å². The van der Waals surface area contributed by atoms with Gasteiger partial charge in [0.05, 0.1) is 6.61 Å². The van der Waals surface area contributed by atoms with Crippen LogP contribution in [0.25, 0.3) is 0 Å². The van der Waals surface area contributed by atoms with Crippen LogP contribution in [0.3, 0.4) is 0 Å². The molecule has 2 N–H and O–H groups in total. The first kappa shape index (κ1) is 15.1. The monoisotopic (exact) mass is 260 g/mol. The summed E-state index contributed by atoms with van der Waals surface area (Å²) in [5.74, 6) is 5.82. The predicted molar refractivity (Wildman–Crippen MR) is 77.1 cm³/mol. The minimum absolute atomic E-state index is 0.0593. The first-order valence-electron chi connectivity index (χ1n) is 6.31. The van der Waals surface area contributed by atoms with E-state index in [0.717, 1.165) is 16.8 Å². The van der Waals surface area contributed by atoms with Gasteiger partial charge in [-0.3, -0.25) is 0 Å². The fourth-order valence-corrected chi connectivity index (χ4v) is 1.41. The van der Waals surface area contributed by atoms with Crippen LogP contribution >= 0.6 is 0 Å². The first-order valence-corrected chi connectivity index (χ1v) is 6.31. The van der Waals surface area contributed by atoms with Gasteiger partial charge in [0.25, 0.3) is 0 Å². The van der Waals surface area contributed by atoms with Crippen LogP contribution in [0, 0.1) is 18.8 Å². The molecule has 1 rings (SSSR count). The summed E-state index contributed by atoms with van der Waals surface area (Å²) in [7, 11) is 1.75. The SMILES string of the molecule is CCN(C)C(=O)Nc1cc(C#CCCO)ccc1C. The van der Waals surface area contributed by atoms with Crippen molar-refractivity contribution in [2.24, 2.45) is 0 Å². The summed E-state index contributed by atoms with van der Waals surface area (Å²) >= 11 is 0. The molecule has 0 aromatic heterocycles. The molecular weight excluding hydrogens is 240 g/mol. The Kier molecular flexibility index (Phi) is 5.91. The molecule has 0 saturated carbocycles. The van der Waals surface area contributed by atoms with E-state index in [9.17, 15) is 4.79 Å². The number of hydrogen-bond acceptors (Lipinski definition) is 2. The molecule has 1 aromatic carbocycles. The molecule has 19 heavy (non-hydrogen) atoms. The lowest BCUT2D eigenvalue weighted by Gasteiger charge is -2.16. The van der Waals surface area contributed by atoms with Crippen molar-refractivity contribution in [2.75, 3.05) is 25.5 Å². The van der Waals surface area contributed by atoms with E-state index in [0.29, 0.717) is 13.0 Å². The number of aliphatic hydroxyl groups is 1. The largest absolute Gasteiger partial charge is 0.395 e. The maximum absolute atomic E-state index is 11.8. The molecule has 0 fully saturated rings. The number of carbonyl (C=O) groups is 1. The number of benzene rings is 1. The predicted octanol–water partition coefficient (Wildman–Crippen LogP) is 2.21. The highest BCUT2D eigenvalue weighted by Crippen LogP contribution is 2.16. The second-order valence-corrected chi connectivity index (χ2v) is 4.25. The minimum atomic E-state index is -0.133. The Hall–Kier alpha value is -1.99. The van der Waals surface area contributed by atoms with Gasteiger partial charge in [-0.15, -0.1) is 0 Å². The average molecular weight is 260 g/mol. The van der Waals surface area contributed by atoms with Gasteiger partial charge in [0.1, 0.15) is 0 Å². The number of nitrogens with one attached hydrogen (secondary N) is 1. The van der Waals surface area contributed by atoms with E-state index in [4.69, 9.17) is 5.11 Å². The maximum atomic E-state index is 11.8. The lowest BCUT2D eigenvalue weighted by atomic mass is 10.1. The summed E-state index contributed by atoms with van der Waals surface area (Å²) < 4.78 is 0. The molecule has 0 aliphatic rings. The smallest absolute Gasteiger partial charge is 0.321 e. The number of carbonyl (C=O) groups excluding carboxylic acids is 1. The molecule has 4 nitrogen and oxygen atoms in total. The Morgan fingerprint density at radius 1 is 1.47 bits per heavy atom. The Bertz CT molecular complexity index is 501. The molecule has 0 saturated heterocycles. The summed E-state index contributed by atoms with van der Waals surface area (Å²) in [5.41, 5.74) is 2.58. The second-order valence-electron chi connectivity index (χ2n) is 4.25. The lowest BCUT2D eigenvalue weighted by molar-refractivity contribution is 0.224. The molecule has 2 amide bonds. The summed E-state index contributed by atoms with van der Waals surface area (Å²) in [5, 5.41) is 11.5. The van der Waals surface area contributed by atoms with Gasteiger partial charge in [-0.1, -0.05) is 17.9 Å².